The predicted molar refractivity (Wildman–Crippen MR) is 76.5 cm³/mol. The maximum absolute atomic E-state index is 11.1. The molecule has 3 aromatic rings. The minimum atomic E-state index is -0.330. The highest BCUT2D eigenvalue weighted by Gasteiger charge is 2.14. The fourth-order valence-electron chi connectivity index (χ4n) is 2.37. The minimum Gasteiger partial charge on any atom is -0.342 e. The van der Waals surface area contributed by atoms with E-state index in [2.05, 4.69) is 4.98 Å². The number of hydrogen-bond donors (Lipinski definition) is 0. The van der Waals surface area contributed by atoms with Crippen LogP contribution in [-0.4, -0.2) is 14.5 Å². The molecule has 2 aromatic heterocycles. The van der Waals surface area contributed by atoms with Crippen LogP contribution in [0.25, 0.3) is 10.9 Å². The number of rotatable bonds is 4. The molecule has 0 N–H and O–H groups in total. The summed E-state index contributed by atoms with van der Waals surface area (Å²) in [5.74, 6) is 0. The van der Waals surface area contributed by atoms with Gasteiger partial charge < -0.3 is 4.57 Å². The smallest absolute Gasteiger partial charge is 0.293 e. The summed E-state index contributed by atoms with van der Waals surface area (Å²) in [5, 5.41) is 12.0. The van der Waals surface area contributed by atoms with Crippen LogP contribution in [0, 0.1) is 10.1 Å². The average molecular weight is 267 g/mol. The Hall–Kier alpha value is -2.69. The van der Waals surface area contributed by atoms with Crippen molar-refractivity contribution in [2.45, 2.75) is 13.0 Å². The molecule has 20 heavy (non-hydrogen) atoms. The van der Waals surface area contributed by atoms with Crippen molar-refractivity contribution in [2.24, 2.45) is 0 Å². The number of benzene rings is 1. The second-order valence-electron chi connectivity index (χ2n) is 4.59. The Balaban J connectivity index is 1.94. The van der Waals surface area contributed by atoms with E-state index in [1.165, 1.54) is 0 Å². The molecule has 0 radical (unpaired) electrons. The number of aromatic nitrogens is 2. The lowest BCUT2D eigenvalue weighted by molar-refractivity contribution is -0.383. The van der Waals surface area contributed by atoms with E-state index in [0.717, 1.165) is 17.4 Å². The van der Waals surface area contributed by atoms with Crippen LogP contribution in [0.15, 0.2) is 55.0 Å². The van der Waals surface area contributed by atoms with Crippen molar-refractivity contribution < 1.29 is 4.92 Å². The Bertz CT molecular complexity index is 750. The molecule has 0 amide bonds. The zero-order chi connectivity index (χ0) is 13.9. The number of hydrogen-bond acceptors (Lipinski definition) is 3. The molecule has 5 nitrogen and oxygen atoms in total. The van der Waals surface area contributed by atoms with Crippen LogP contribution in [-0.2, 0) is 13.0 Å². The van der Waals surface area contributed by atoms with Gasteiger partial charge in [-0.15, -0.1) is 0 Å². The molecule has 0 aliphatic rings. The number of fused-ring (bicyclic) bond motifs is 1. The fraction of sp³-hybridized carbons (Fsp3) is 0.133. The predicted octanol–water partition coefficient (Wildman–Crippen LogP) is 3.19. The van der Waals surface area contributed by atoms with Gasteiger partial charge in [0.05, 0.1) is 4.92 Å². The highest BCUT2D eigenvalue weighted by atomic mass is 16.6. The molecule has 0 bridgehead atoms. The van der Waals surface area contributed by atoms with Crippen molar-refractivity contribution in [2.75, 3.05) is 0 Å². The molecule has 0 saturated heterocycles. The van der Waals surface area contributed by atoms with Gasteiger partial charge in [0.25, 0.3) is 5.69 Å². The highest BCUT2D eigenvalue weighted by Crippen LogP contribution is 2.26. The van der Waals surface area contributed by atoms with Gasteiger partial charge in [0.1, 0.15) is 5.52 Å². The number of aryl methyl sites for hydroxylation is 2. The first-order chi connectivity index (χ1) is 9.75. The molecular formula is C15H13N3O2. The van der Waals surface area contributed by atoms with Gasteiger partial charge in [0, 0.05) is 36.6 Å². The van der Waals surface area contributed by atoms with E-state index in [4.69, 9.17) is 0 Å². The molecule has 0 unspecified atom stereocenters. The van der Waals surface area contributed by atoms with Gasteiger partial charge in [0.2, 0.25) is 0 Å². The first kappa shape index (κ1) is 12.3. The lowest BCUT2D eigenvalue weighted by atomic mass is 10.2. The Morgan fingerprint density at radius 1 is 1.20 bits per heavy atom. The Kier molecular flexibility index (Phi) is 3.16. The fourth-order valence-corrected chi connectivity index (χ4v) is 2.37. The van der Waals surface area contributed by atoms with Gasteiger partial charge in [-0.05, 0) is 24.1 Å². The maximum Gasteiger partial charge on any atom is 0.293 e. The topological polar surface area (TPSA) is 61.0 Å². The van der Waals surface area contributed by atoms with E-state index >= 15 is 0 Å². The molecule has 0 atom stereocenters. The van der Waals surface area contributed by atoms with E-state index < -0.39 is 0 Å². The van der Waals surface area contributed by atoms with Crippen molar-refractivity contribution in [3.8, 4) is 0 Å². The standard InChI is InChI=1S/C15H13N3O2/c19-18(20)14-5-1-4-13-7-10-17(15(13)14)9-6-12-3-2-8-16-11-12/h1-5,7-8,10-11H,6,9H2. The van der Waals surface area contributed by atoms with Crippen LogP contribution < -0.4 is 0 Å². The maximum atomic E-state index is 11.1. The Morgan fingerprint density at radius 3 is 2.85 bits per heavy atom. The molecule has 100 valence electrons. The average Bonchev–Trinajstić information content (AvgIpc) is 2.89. The van der Waals surface area contributed by atoms with Crippen LogP contribution in [0.1, 0.15) is 5.56 Å². The molecule has 0 aliphatic heterocycles. The number of nitro benzene ring substituents is 1. The van der Waals surface area contributed by atoms with Crippen molar-refractivity contribution in [1.82, 2.24) is 9.55 Å². The Labute approximate surface area is 115 Å². The summed E-state index contributed by atoms with van der Waals surface area (Å²) in [7, 11) is 0. The first-order valence-electron chi connectivity index (χ1n) is 6.37. The number of nitro groups is 1. The normalized spacial score (nSPS) is 10.8. The lowest BCUT2D eigenvalue weighted by Crippen LogP contribution is -2.02. The van der Waals surface area contributed by atoms with Crippen LogP contribution in [0.4, 0.5) is 5.69 Å². The molecule has 1 aromatic carbocycles. The third-order valence-electron chi connectivity index (χ3n) is 3.33. The minimum absolute atomic E-state index is 0.152. The molecule has 2 heterocycles. The quantitative estimate of drug-likeness (QED) is 0.538. The van der Waals surface area contributed by atoms with E-state index in [1.54, 1.807) is 18.3 Å². The van der Waals surface area contributed by atoms with Gasteiger partial charge in [-0.3, -0.25) is 15.1 Å². The molecule has 3 rings (SSSR count). The monoisotopic (exact) mass is 267 g/mol. The number of non-ortho nitro benzene ring substituents is 1. The summed E-state index contributed by atoms with van der Waals surface area (Å²) in [6.45, 7) is 0.694. The van der Waals surface area contributed by atoms with E-state index in [9.17, 15) is 10.1 Å². The molecule has 0 fully saturated rings. The van der Waals surface area contributed by atoms with Gasteiger partial charge in [-0.2, -0.15) is 0 Å². The van der Waals surface area contributed by atoms with Gasteiger partial charge in [-0.1, -0.05) is 18.2 Å². The van der Waals surface area contributed by atoms with Crippen molar-refractivity contribution in [3.63, 3.8) is 0 Å². The van der Waals surface area contributed by atoms with Gasteiger partial charge in [0.15, 0.2) is 0 Å². The second-order valence-corrected chi connectivity index (χ2v) is 4.59. The molecular weight excluding hydrogens is 254 g/mol. The molecule has 0 spiro atoms. The molecule has 0 aliphatic carbocycles. The second kappa shape index (κ2) is 5.13. The zero-order valence-electron chi connectivity index (χ0n) is 10.8. The SMILES string of the molecule is O=[N+]([O-])c1cccc2ccn(CCc3cccnc3)c12. The summed E-state index contributed by atoms with van der Waals surface area (Å²) in [5.41, 5.74) is 1.95. The van der Waals surface area contributed by atoms with Crippen LogP contribution in [0.3, 0.4) is 0 Å². The summed E-state index contributed by atoms with van der Waals surface area (Å²) < 4.78 is 1.93. The summed E-state index contributed by atoms with van der Waals surface area (Å²) >= 11 is 0. The number of pyridine rings is 1. The van der Waals surface area contributed by atoms with Crippen molar-refractivity contribution in [3.05, 3.63) is 70.7 Å². The van der Waals surface area contributed by atoms with E-state index in [-0.39, 0.29) is 10.6 Å². The number of para-hydroxylation sites is 1. The summed E-state index contributed by atoms with van der Waals surface area (Å²) in [6.07, 6.45) is 6.25. The van der Waals surface area contributed by atoms with Crippen LogP contribution in [0.2, 0.25) is 0 Å². The van der Waals surface area contributed by atoms with Crippen molar-refractivity contribution >= 4 is 16.6 Å². The molecule has 5 heteroatoms. The third kappa shape index (κ3) is 2.25. The van der Waals surface area contributed by atoms with Crippen LogP contribution in [0.5, 0.6) is 0 Å². The van der Waals surface area contributed by atoms with E-state index in [0.29, 0.717) is 12.1 Å². The van der Waals surface area contributed by atoms with Crippen LogP contribution >= 0.6 is 0 Å². The lowest BCUT2D eigenvalue weighted by Gasteiger charge is -2.05. The number of nitrogens with zero attached hydrogens (tertiary/aromatic N) is 3. The van der Waals surface area contributed by atoms with Crippen molar-refractivity contribution in [1.29, 1.82) is 0 Å². The van der Waals surface area contributed by atoms with Gasteiger partial charge in [-0.25, -0.2) is 0 Å². The van der Waals surface area contributed by atoms with Gasteiger partial charge >= 0.3 is 0 Å². The molecule has 0 saturated carbocycles. The Morgan fingerprint density at radius 2 is 2.10 bits per heavy atom. The third-order valence-corrected chi connectivity index (χ3v) is 3.33. The van der Waals surface area contributed by atoms with E-state index in [1.807, 2.05) is 41.2 Å². The first-order valence-corrected chi connectivity index (χ1v) is 6.37. The largest absolute Gasteiger partial charge is 0.342 e. The summed E-state index contributed by atoms with van der Waals surface area (Å²) in [4.78, 5) is 14.9. The zero-order valence-corrected chi connectivity index (χ0v) is 10.8. The summed E-state index contributed by atoms with van der Waals surface area (Å²) in [6, 6.07) is 11.0. The highest BCUT2D eigenvalue weighted by molar-refractivity contribution is 5.88.